The number of H-pyrrole nitrogens is 1. The van der Waals surface area contributed by atoms with Crippen molar-refractivity contribution in [2.24, 2.45) is 5.92 Å². The first kappa shape index (κ1) is 12.4. The molecule has 0 saturated heterocycles. The Labute approximate surface area is 105 Å². The van der Waals surface area contributed by atoms with Crippen molar-refractivity contribution >= 4 is 11.8 Å². The van der Waals surface area contributed by atoms with E-state index in [0.29, 0.717) is 5.92 Å². The van der Waals surface area contributed by atoms with Crippen LogP contribution in [0.2, 0.25) is 0 Å². The topological polar surface area (TPSA) is 77.4 Å². The molecule has 0 aromatic carbocycles. The summed E-state index contributed by atoms with van der Waals surface area (Å²) in [5.74, 6) is 1.22. The quantitative estimate of drug-likeness (QED) is 0.719. The minimum absolute atomic E-state index is 0.395. The third-order valence-electron chi connectivity index (χ3n) is 2.99. The molecule has 1 aliphatic rings. The Morgan fingerprint density at radius 1 is 1.71 bits per heavy atom. The van der Waals surface area contributed by atoms with Crippen LogP contribution >= 0.6 is 11.8 Å². The van der Waals surface area contributed by atoms with Gasteiger partial charge in [0, 0.05) is 5.75 Å². The summed E-state index contributed by atoms with van der Waals surface area (Å²) in [5.41, 5.74) is -0.395. The Hall–Kier alpha value is -1.06. The number of aromatic nitrogens is 3. The fraction of sp³-hybridized carbons (Fsp3) is 0.727. The Morgan fingerprint density at radius 3 is 3.06 bits per heavy atom. The van der Waals surface area contributed by atoms with Crippen LogP contribution in [0.3, 0.4) is 0 Å². The lowest BCUT2D eigenvalue weighted by atomic mass is 9.97. The van der Waals surface area contributed by atoms with E-state index in [4.69, 9.17) is 0 Å². The van der Waals surface area contributed by atoms with E-state index in [1.807, 2.05) is 0 Å². The number of nitrogens with one attached hydrogen (secondary N) is 2. The summed E-state index contributed by atoms with van der Waals surface area (Å²) < 4.78 is 0. The largest absolute Gasteiger partial charge is 0.298 e. The molecule has 5 nitrogen and oxygen atoms in total. The summed E-state index contributed by atoms with van der Waals surface area (Å²) in [6, 6.07) is 2.48. The second kappa shape index (κ2) is 5.52. The molecule has 1 aromatic heterocycles. The van der Waals surface area contributed by atoms with Gasteiger partial charge in [-0.25, -0.2) is 4.98 Å². The van der Waals surface area contributed by atoms with E-state index >= 15 is 0 Å². The highest BCUT2D eigenvalue weighted by molar-refractivity contribution is 7.99. The molecule has 92 valence electrons. The standard InChI is InChI=1S/C11H17N5S/c1-2-5-14-11(6-12,9-3-4-9)7-17-10-13-8-15-16-10/h8-9,14H,2-5,7H2,1H3,(H,13,15,16). The molecule has 1 fully saturated rings. The van der Waals surface area contributed by atoms with Crippen molar-refractivity contribution in [1.29, 1.82) is 5.26 Å². The summed E-state index contributed by atoms with van der Waals surface area (Å²) in [4.78, 5) is 4.07. The zero-order valence-electron chi connectivity index (χ0n) is 9.94. The monoisotopic (exact) mass is 251 g/mol. The van der Waals surface area contributed by atoms with Gasteiger partial charge in [-0.2, -0.15) is 10.4 Å². The molecule has 1 heterocycles. The highest BCUT2D eigenvalue weighted by atomic mass is 32.2. The third-order valence-corrected chi connectivity index (χ3v) is 4.06. The van der Waals surface area contributed by atoms with Crippen molar-refractivity contribution in [1.82, 2.24) is 20.5 Å². The maximum Gasteiger partial charge on any atom is 0.183 e. The average Bonchev–Trinajstić information content (AvgIpc) is 3.08. The lowest BCUT2D eigenvalue weighted by Gasteiger charge is -2.27. The third kappa shape index (κ3) is 2.99. The van der Waals surface area contributed by atoms with E-state index in [1.54, 1.807) is 11.8 Å². The number of rotatable bonds is 7. The van der Waals surface area contributed by atoms with Gasteiger partial charge in [-0.05, 0) is 31.7 Å². The molecular formula is C11H17N5S. The van der Waals surface area contributed by atoms with Crippen molar-refractivity contribution in [3.63, 3.8) is 0 Å². The van der Waals surface area contributed by atoms with Crippen LogP contribution in [0.5, 0.6) is 0 Å². The Balaban J connectivity index is 1.97. The van der Waals surface area contributed by atoms with Crippen molar-refractivity contribution < 1.29 is 0 Å². The summed E-state index contributed by atoms with van der Waals surface area (Å²) >= 11 is 1.56. The fourth-order valence-corrected chi connectivity index (χ4v) is 2.85. The van der Waals surface area contributed by atoms with Crippen LogP contribution < -0.4 is 5.32 Å². The second-order valence-corrected chi connectivity index (χ2v) is 5.33. The first-order chi connectivity index (χ1) is 8.30. The minimum atomic E-state index is -0.395. The molecule has 0 aliphatic heterocycles. The predicted octanol–water partition coefficient (Wildman–Crippen LogP) is 1.57. The maximum atomic E-state index is 9.47. The van der Waals surface area contributed by atoms with Crippen LogP contribution in [0, 0.1) is 17.2 Å². The van der Waals surface area contributed by atoms with Crippen LogP contribution in [0.15, 0.2) is 11.5 Å². The molecule has 1 atom stereocenters. The average molecular weight is 251 g/mol. The van der Waals surface area contributed by atoms with Gasteiger partial charge in [-0.15, -0.1) is 0 Å². The van der Waals surface area contributed by atoms with E-state index in [0.717, 1.165) is 36.7 Å². The summed E-state index contributed by atoms with van der Waals surface area (Å²) in [7, 11) is 0. The second-order valence-electron chi connectivity index (χ2n) is 4.36. The lowest BCUT2D eigenvalue weighted by molar-refractivity contribution is 0.405. The van der Waals surface area contributed by atoms with Gasteiger partial charge >= 0.3 is 0 Å². The molecule has 2 rings (SSSR count). The number of nitriles is 1. The highest BCUT2D eigenvalue weighted by Gasteiger charge is 2.45. The zero-order valence-corrected chi connectivity index (χ0v) is 10.8. The molecule has 0 radical (unpaired) electrons. The molecule has 1 saturated carbocycles. The fourth-order valence-electron chi connectivity index (χ4n) is 1.85. The maximum absolute atomic E-state index is 9.47. The van der Waals surface area contributed by atoms with E-state index in [9.17, 15) is 5.26 Å². The summed E-state index contributed by atoms with van der Waals surface area (Å²) in [6.45, 7) is 3.01. The first-order valence-electron chi connectivity index (χ1n) is 5.95. The summed E-state index contributed by atoms with van der Waals surface area (Å²) in [6.07, 6.45) is 4.85. The van der Waals surface area contributed by atoms with Gasteiger partial charge in [0.05, 0.1) is 6.07 Å². The van der Waals surface area contributed by atoms with Gasteiger partial charge in [0.2, 0.25) is 0 Å². The van der Waals surface area contributed by atoms with E-state index in [1.165, 1.54) is 6.33 Å². The molecular weight excluding hydrogens is 234 g/mol. The van der Waals surface area contributed by atoms with Crippen LogP contribution in [-0.2, 0) is 0 Å². The van der Waals surface area contributed by atoms with Crippen LogP contribution in [0.4, 0.5) is 0 Å². The Morgan fingerprint density at radius 2 is 2.53 bits per heavy atom. The van der Waals surface area contributed by atoms with Gasteiger partial charge in [-0.1, -0.05) is 18.7 Å². The van der Waals surface area contributed by atoms with Gasteiger partial charge in [-0.3, -0.25) is 10.4 Å². The van der Waals surface area contributed by atoms with Crippen molar-refractivity contribution in [2.75, 3.05) is 12.3 Å². The number of hydrogen-bond acceptors (Lipinski definition) is 5. The number of nitrogens with zero attached hydrogens (tertiary/aromatic N) is 3. The molecule has 0 spiro atoms. The highest BCUT2D eigenvalue weighted by Crippen LogP contribution is 2.41. The normalized spacial score (nSPS) is 18.6. The molecule has 1 aliphatic carbocycles. The van der Waals surface area contributed by atoms with Gasteiger partial charge in [0.1, 0.15) is 11.9 Å². The number of aromatic amines is 1. The Bertz CT molecular complexity index is 381. The molecule has 0 amide bonds. The summed E-state index contributed by atoms with van der Waals surface area (Å²) in [5, 5.41) is 20.3. The van der Waals surface area contributed by atoms with Gasteiger partial charge in [0.25, 0.3) is 0 Å². The van der Waals surface area contributed by atoms with Gasteiger partial charge in [0.15, 0.2) is 5.16 Å². The van der Waals surface area contributed by atoms with E-state index in [2.05, 4.69) is 33.5 Å². The molecule has 2 N–H and O–H groups in total. The molecule has 0 bridgehead atoms. The predicted molar refractivity (Wildman–Crippen MR) is 66.5 cm³/mol. The number of thioether (sulfide) groups is 1. The van der Waals surface area contributed by atoms with Gasteiger partial charge < -0.3 is 0 Å². The van der Waals surface area contributed by atoms with Crippen molar-refractivity contribution in [3.8, 4) is 6.07 Å². The van der Waals surface area contributed by atoms with Crippen molar-refractivity contribution in [2.45, 2.75) is 36.9 Å². The number of hydrogen-bond donors (Lipinski definition) is 2. The Kier molecular flexibility index (Phi) is 4.02. The van der Waals surface area contributed by atoms with Crippen LogP contribution in [0.1, 0.15) is 26.2 Å². The lowest BCUT2D eigenvalue weighted by Crippen LogP contribution is -2.48. The van der Waals surface area contributed by atoms with Crippen LogP contribution in [0.25, 0.3) is 0 Å². The smallest absolute Gasteiger partial charge is 0.183 e. The molecule has 6 heteroatoms. The van der Waals surface area contributed by atoms with E-state index < -0.39 is 5.54 Å². The minimum Gasteiger partial charge on any atom is -0.298 e. The SMILES string of the molecule is CCCNC(C#N)(CSc1ncn[nH]1)C1CC1. The zero-order chi connectivity index (χ0) is 12.1. The van der Waals surface area contributed by atoms with E-state index in [-0.39, 0.29) is 0 Å². The molecule has 17 heavy (non-hydrogen) atoms. The molecule has 1 unspecified atom stereocenters. The molecule has 1 aromatic rings. The van der Waals surface area contributed by atoms with Crippen LogP contribution in [-0.4, -0.2) is 33.0 Å². The first-order valence-corrected chi connectivity index (χ1v) is 6.94. The van der Waals surface area contributed by atoms with Crippen molar-refractivity contribution in [3.05, 3.63) is 6.33 Å².